The molecule has 0 amide bonds. The molecular formula is C14H21N3O2. The van der Waals surface area contributed by atoms with Crippen molar-refractivity contribution in [2.24, 2.45) is 11.7 Å². The van der Waals surface area contributed by atoms with Crippen LogP contribution >= 0.6 is 0 Å². The van der Waals surface area contributed by atoms with E-state index in [1.54, 1.807) is 0 Å². The zero-order valence-corrected chi connectivity index (χ0v) is 11.5. The second-order valence-corrected chi connectivity index (χ2v) is 5.05. The van der Waals surface area contributed by atoms with E-state index < -0.39 is 5.76 Å². The fraction of sp³-hybridized carbons (Fsp3) is 0.500. The second-order valence-electron chi connectivity index (χ2n) is 5.05. The normalized spacial score (nSPS) is 13.3. The number of nitrogens with zero attached hydrogens (tertiary/aromatic N) is 1. The SMILES string of the molecule is CCC(CN)CN(C)Cc1ccc2[nH]c(=O)oc2c1. The van der Waals surface area contributed by atoms with Crippen molar-refractivity contribution in [3.8, 4) is 0 Å². The number of oxazole rings is 1. The standard InChI is InChI=1S/C14H21N3O2/c1-3-10(7-15)8-17(2)9-11-4-5-12-13(6-11)19-14(18)16-12/h4-6,10H,3,7-9,15H2,1-2H3,(H,16,18). The maximum absolute atomic E-state index is 11.1. The first-order chi connectivity index (χ1) is 9.12. The first-order valence-corrected chi connectivity index (χ1v) is 6.62. The predicted molar refractivity (Wildman–Crippen MR) is 76.0 cm³/mol. The maximum atomic E-state index is 11.1. The second kappa shape index (κ2) is 6.04. The van der Waals surface area contributed by atoms with Crippen LogP contribution in [0.2, 0.25) is 0 Å². The van der Waals surface area contributed by atoms with Gasteiger partial charge in [0.05, 0.1) is 5.52 Å². The Balaban J connectivity index is 2.05. The van der Waals surface area contributed by atoms with Crippen molar-refractivity contribution in [3.63, 3.8) is 0 Å². The summed E-state index contributed by atoms with van der Waals surface area (Å²) >= 11 is 0. The van der Waals surface area contributed by atoms with Gasteiger partial charge in [-0.1, -0.05) is 19.4 Å². The molecule has 0 bridgehead atoms. The van der Waals surface area contributed by atoms with Gasteiger partial charge in [-0.25, -0.2) is 4.79 Å². The van der Waals surface area contributed by atoms with Crippen LogP contribution in [0.15, 0.2) is 27.4 Å². The van der Waals surface area contributed by atoms with E-state index in [1.807, 2.05) is 18.2 Å². The largest absolute Gasteiger partial charge is 0.417 e. The number of aromatic nitrogens is 1. The molecule has 0 saturated heterocycles. The molecule has 0 aliphatic carbocycles. The predicted octanol–water partition coefficient (Wildman–Crippen LogP) is 1.54. The van der Waals surface area contributed by atoms with E-state index >= 15 is 0 Å². The molecule has 19 heavy (non-hydrogen) atoms. The molecule has 0 fully saturated rings. The molecule has 5 nitrogen and oxygen atoms in total. The third kappa shape index (κ3) is 3.45. The van der Waals surface area contributed by atoms with Crippen molar-refractivity contribution in [1.29, 1.82) is 0 Å². The molecule has 2 aromatic rings. The number of benzene rings is 1. The van der Waals surface area contributed by atoms with Crippen LogP contribution in [0.4, 0.5) is 0 Å². The molecule has 104 valence electrons. The Morgan fingerprint density at radius 2 is 2.26 bits per heavy atom. The molecule has 1 unspecified atom stereocenters. The minimum Gasteiger partial charge on any atom is -0.408 e. The molecule has 3 N–H and O–H groups in total. The zero-order valence-electron chi connectivity index (χ0n) is 11.5. The van der Waals surface area contributed by atoms with Crippen molar-refractivity contribution in [2.45, 2.75) is 19.9 Å². The summed E-state index contributed by atoms with van der Waals surface area (Å²) < 4.78 is 5.06. The molecule has 0 spiro atoms. The van der Waals surface area contributed by atoms with Crippen molar-refractivity contribution in [2.75, 3.05) is 20.1 Å². The molecule has 0 aliphatic rings. The molecule has 1 aromatic carbocycles. The first kappa shape index (κ1) is 13.8. The van der Waals surface area contributed by atoms with Gasteiger partial charge in [-0.05, 0) is 37.2 Å². The number of fused-ring (bicyclic) bond motifs is 1. The zero-order chi connectivity index (χ0) is 13.8. The van der Waals surface area contributed by atoms with Crippen LogP contribution in [0.1, 0.15) is 18.9 Å². The Hall–Kier alpha value is -1.59. The van der Waals surface area contributed by atoms with Gasteiger partial charge in [-0.15, -0.1) is 0 Å². The third-order valence-electron chi connectivity index (χ3n) is 3.42. The topological polar surface area (TPSA) is 75.3 Å². The lowest BCUT2D eigenvalue weighted by Gasteiger charge is -2.22. The monoisotopic (exact) mass is 263 g/mol. The van der Waals surface area contributed by atoms with E-state index in [0.29, 0.717) is 18.0 Å². The average Bonchev–Trinajstić information content (AvgIpc) is 2.75. The fourth-order valence-electron chi connectivity index (χ4n) is 2.28. The number of hydrogen-bond acceptors (Lipinski definition) is 4. The highest BCUT2D eigenvalue weighted by Gasteiger charge is 2.09. The van der Waals surface area contributed by atoms with Crippen LogP contribution < -0.4 is 11.5 Å². The Bertz CT molecular complexity index is 584. The van der Waals surface area contributed by atoms with Crippen molar-refractivity contribution in [1.82, 2.24) is 9.88 Å². The summed E-state index contributed by atoms with van der Waals surface area (Å²) in [6.45, 7) is 4.67. The Morgan fingerprint density at radius 1 is 1.47 bits per heavy atom. The summed E-state index contributed by atoms with van der Waals surface area (Å²) in [5.41, 5.74) is 8.20. The van der Waals surface area contributed by atoms with Gasteiger partial charge in [0.25, 0.3) is 0 Å². The van der Waals surface area contributed by atoms with Crippen molar-refractivity contribution in [3.05, 3.63) is 34.3 Å². The molecule has 0 radical (unpaired) electrons. The summed E-state index contributed by atoms with van der Waals surface area (Å²) in [6.07, 6.45) is 1.09. The summed E-state index contributed by atoms with van der Waals surface area (Å²) in [4.78, 5) is 16.0. The van der Waals surface area contributed by atoms with Crippen LogP contribution in [-0.2, 0) is 6.54 Å². The van der Waals surface area contributed by atoms with Crippen molar-refractivity contribution < 1.29 is 4.42 Å². The van der Waals surface area contributed by atoms with Gasteiger partial charge in [-0.2, -0.15) is 0 Å². The van der Waals surface area contributed by atoms with E-state index in [-0.39, 0.29) is 0 Å². The van der Waals surface area contributed by atoms with Crippen LogP contribution in [-0.4, -0.2) is 30.0 Å². The van der Waals surface area contributed by atoms with Crippen LogP contribution in [0, 0.1) is 5.92 Å². The molecule has 1 heterocycles. The molecule has 5 heteroatoms. The smallest absolute Gasteiger partial charge is 0.408 e. The Labute approximate surface area is 112 Å². The van der Waals surface area contributed by atoms with Gasteiger partial charge >= 0.3 is 5.76 Å². The number of nitrogens with two attached hydrogens (primary N) is 1. The van der Waals surface area contributed by atoms with Gasteiger partial charge in [0.2, 0.25) is 0 Å². The van der Waals surface area contributed by atoms with E-state index in [0.717, 1.165) is 30.6 Å². The lowest BCUT2D eigenvalue weighted by Crippen LogP contribution is -2.29. The lowest BCUT2D eigenvalue weighted by atomic mass is 10.1. The van der Waals surface area contributed by atoms with E-state index in [9.17, 15) is 4.79 Å². The van der Waals surface area contributed by atoms with Crippen LogP contribution in [0.5, 0.6) is 0 Å². The summed E-state index contributed by atoms with van der Waals surface area (Å²) in [7, 11) is 2.08. The molecule has 1 atom stereocenters. The number of H-pyrrole nitrogens is 1. The van der Waals surface area contributed by atoms with Crippen molar-refractivity contribution >= 4 is 11.1 Å². The van der Waals surface area contributed by atoms with Gasteiger partial charge in [0.1, 0.15) is 0 Å². The van der Waals surface area contributed by atoms with Crippen LogP contribution in [0.3, 0.4) is 0 Å². The van der Waals surface area contributed by atoms with Gasteiger partial charge in [0, 0.05) is 13.1 Å². The first-order valence-electron chi connectivity index (χ1n) is 6.62. The lowest BCUT2D eigenvalue weighted by molar-refractivity contribution is 0.268. The Morgan fingerprint density at radius 3 is 2.95 bits per heavy atom. The third-order valence-corrected chi connectivity index (χ3v) is 3.42. The average molecular weight is 263 g/mol. The summed E-state index contributed by atoms with van der Waals surface area (Å²) in [6, 6.07) is 5.80. The highest BCUT2D eigenvalue weighted by Crippen LogP contribution is 2.14. The summed E-state index contributed by atoms with van der Waals surface area (Å²) in [5, 5.41) is 0. The van der Waals surface area contributed by atoms with Gasteiger partial charge in [-0.3, -0.25) is 4.98 Å². The van der Waals surface area contributed by atoms with Crippen LogP contribution in [0.25, 0.3) is 11.1 Å². The highest BCUT2D eigenvalue weighted by atomic mass is 16.4. The number of aromatic amines is 1. The van der Waals surface area contributed by atoms with E-state index in [1.165, 1.54) is 0 Å². The minimum atomic E-state index is -0.408. The molecule has 2 rings (SSSR count). The molecular weight excluding hydrogens is 242 g/mol. The van der Waals surface area contributed by atoms with Gasteiger partial charge < -0.3 is 15.1 Å². The fourth-order valence-corrected chi connectivity index (χ4v) is 2.28. The molecule has 0 aliphatic heterocycles. The summed E-state index contributed by atoms with van der Waals surface area (Å²) in [5.74, 6) is 0.119. The highest BCUT2D eigenvalue weighted by molar-refractivity contribution is 5.72. The Kier molecular flexibility index (Phi) is 4.39. The number of rotatable bonds is 6. The number of nitrogens with one attached hydrogen (secondary N) is 1. The van der Waals surface area contributed by atoms with E-state index in [4.69, 9.17) is 10.2 Å². The quantitative estimate of drug-likeness (QED) is 0.829. The van der Waals surface area contributed by atoms with Gasteiger partial charge in [0.15, 0.2) is 5.58 Å². The maximum Gasteiger partial charge on any atom is 0.417 e. The molecule has 1 aromatic heterocycles. The molecule has 0 saturated carbocycles. The number of hydrogen-bond donors (Lipinski definition) is 2. The van der Waals surface area contributed by atoms with E-state index in [2.05, 4.69) is 23.9 Å². The minimum absolute atomic E-state index is 0.408.